The quantitative estimate of drug-likeness (QED) is 0.898. The van der Waals surface area contributed by atoms with Crippen LogP contribution in [0.2, 0.25) is 5.02 Å². The van der Waals surface area contributed by atoms with E-state index in [4.69, 9.17) is 11.6 Å². The Morgan fingerprint density at radius 3 is 2.67 bits per heavy atom. The first-order valence-corrected chi connectivity index (χ1v) is 7.64. The Balaban J connectivity index is 1.85. The Kier molecular flexibility index (Phi) is 4.60. The monoisotopic (exact) mass is 286 g/mol. The van der Waals surface area contributed by atoms with Gasteiger partial charge in [-0.2, -0.15) is 0 Å². The summed E-state index contributed by atoms with van der Waals surface area (Å²) in [4.78, 5) is 13.6. The van der Waals surface area contributed by atoms with Gasteiger partial charge in [0, 0.05) is 47.0 Å². The minimum atomic E-state index is -0.764. The zero-order chi connectivity index (χ0) is 13.0. The van der Waals surface area contributed by atoms with Crippen molar-refractivity contribution in [1.82, 2.24) is 10.2 Å². The van der Waals surface area contributed by atoms with Gasteiger partial charge >= 0.3 is 6.03 Å². The average Bonchev–Trinajstić information content (AvgIpc) is 2.38. The first-order valence-electron chi connectivity index (χ1n) is 5.78. The van der Waals surface area contributed by atoms with Crippen LogP contribution in [-0.4, -0.2) is 39.7 Å². The Morgan fingerprint density at radius 1 is 1.33 bits per heavy atom. The number of benzene rings is 1. The summed E-state index contributed by atoms with van der Waals surface area (Å²) in [6, 6.07) is 7.30. The third-order valence-corrected chi connectivity index (χ3v) is 4.50. The molecule has 0 aromatic heterocycles. The van der Waals surface area contributed by atoms with Crippen LogP contribution < -0.4 is 5.32 Å². The van der Waals surface area contributed by atoms with E-state index in [0.717, 1.165) is 5.56 Å². The summed E-state index contributed by atoms with van der Waals surface area (Å²) in [5.74, 6) is 1.14. The number of amides is 2. The van der Waals surface area contributed by atoms with Crippen molar-refractivity contribution < 1.29 is 9.00 Å². The van der Waals surface area contributed by atoms with Crippen LogP contribution >= 0.6 is 11.6 Å². The molecule has 0 spiro atoms. The zero-order valence-corrected chi connectivity index (χ0v) is 11.5. The second-order valence-electron chi connectivity index (χ2n) is 4.09. The molecule has 1 heterocycles. The van der Waals surface area contributed by atoms with Gasteiger partial charge in [0.15, 0.2) is 0 Å². The normalized spacial score (nSPS) is 16.6. The molecule has 0 unspecified atom stereocenters. The van der Waals surface area contributed by atoms with Gasteiger partial charge in [-0.15, -0.1) is 0 Å². The second kappa shape index (κ2) is 6.20. The molecule has 1 fully saturated rings. The summed E-state index contributed by atoms with van der Waals surface area (Å²) in [6.07, 6.45) is 0. The van der Waals surface area contributed by atoms with E-state index in [1.165, 1.54) is 0 Å². The van der Waals surface area contributed by atoms with Gasteiger partial charge in [0.05, 0.1) is 0 Å². The predicted octanol–water partition coefficient (Wildman–Crippen LogP) is 1.61. The van der Waals surface area contributed by atoms with E-state index in [0.29, 0.717) is 36.2 Å². The molecule has 6 heteroatoms. The maximum absolute atomic E-state index is 11.9. The van der Waals surface area contributed by atoms with Crippen LogP contribution in [0.4, 0.5) is 4.79 Å². The molecule has 1 saturated heterocycles. The molecule has 1 N–H and O–H groups in total. The molecule has 98 valence electrons. The fourth-order valence-electron chi connectivity index (χ4n) is 1.77. The van der Waals surface area contributed by atoms with Gasteiger partial charge in [0.2, 0.25) is 0 Å². The van der Waals surface area contributed by atoms with E-state index in [9.17, 15) is 9.00 Å². The number of carbonyl (C=O) groups excluding carboxylic acids is 1. The van der Waals surface area contributed by atoms with Gasteiger partial charge in [-0.25, -0.2) is 4.79 Å². The average molecular weight is 287 g/mol. The lowest BCUT2D eigenvalue weighted by molar-refractivity contribution is 0.202. The maximum atomic E-state index is 11.9. The van der Waals surface area contributed by atoms with E-state index in [-0.39, 0.29) is 6.03 Å². The lowest BCUT2D eigenvalue weighted by Crippen LogP contribution is -2.46. The number of hydrogen-bond donors (Lipinski definition) is 1. The number of urea groups is 1. The lowest BCUT2D eigenvalue weighted by atomic mass is 10.2. The number of nitrogens with one attached hydrogen (secondary N) is 1. The lowest BCUT2D eigenvalue weighted by Gasteiger charge is -2.26. The summed E-state index contributed by atoms with van der Waals surface area (Å²) < 4.78 is 11.2. The maximum Gasteiger partial charge on any atom is 0.317 e. The van der Waals surface area contributed by atoms with Crippen molar-refractivity contribution in [3.05, 3.63) is 34.9 Å². The molecule has 0 bridgehead atoms. The van der Waals surface area contributed by atoms with E-state index in [1.807, 2.05) is 18.2 Å². The molecule has 0 aliphatic carbocycles. The van der Waals surface area contributed by atoms with Crippen molar-refractivity contribution >= 4 is 28.4 Å². The minimum absolute atomic E-state index is 0.119. The van der Waals surface area contributed by atoms with Crippen molar-refractivity contribution in [2.24, 2.45) is 0 Å². The minimum Gasteiger partial charge on any atom is -0.334 e. The molecule has 1 aromatic rings. The number of carbonyl (C=O) groups is 1. The Morgan fingerprint density at radius 2 is 2.00 bits per heavy atom. The van der Waals surface area contributed by atoms with E-state index in [2.05, 4.69) is 5.32 Å². The van der Waals surface area contributed by atoms with E-state index in [1.54, 1.807) is 11.0 Å². The zero-order valence-electron chi connectivity index (χ0n) is 9.89. The molecule has 1 aromatic carbocycles. The van der Waals surface area contributed by atoms with Crippen LogP contribution in [0.15, 0.2) is 24.3 Å². The Bertz CT molecular complexity index is 457. The predicted molar refractivity (Wildman–Crippen MR) is 73.1 cm³/mol. The van der Waals surface area contributed by atoms with E-state index < -0.39 is 10.8 Å². The van der Waals surface area contributed by atoms with E-state index >= 15 is 0 Å². The summed E-state index contributed by atoms with van der Waals surface area (Å²) in [7, 11) is -0.764. The molecule has 0 radical (unpaired) electrons. The Labute approximate surface area is 114 Å². The van der Waals surface area contributed by atoms with Crippen molar-refractivity contribution in [2.45, 2.75) is 6.54 Å². The molecular formula is C12H15ClN2O2S. The highest BCUT2D eigenvalue weighted by atomic mass is 35.5. The third kappa shape index (κ3) is 3.46. The van der Waals surface area contributed by atoms with Crippen LogP contribution in [0, 0.1) is 0 Å². The summed E-state index contributed by atoms with van der Waals surface area (Å²) >= 11 is 6.01. The highest BCUT2D eigenvalue weighted by molar-refractivity contribution is 7.85. The fraction of sp³-hybridized carbons (Fsp3) is 0.417. The van der Waals surface area contributed by atoms with Crippen LogP contribution in [0.3, 0.4) is 0 Å². The SMILES string of the molecule is O=C(NCc1ccccc1Cl)N1CCS(=O)CC1. The topological polar surface area (TPSA) is 49.4 Å². The van der Waals surface area contributed by atoms with Crippen LogP contribution in [0.25, 0.3) is 0 Å². The molecule has 2 amide bonds. The van der Waals surface area contributed by atoms with Crippen molar-refractivity contribution in [1.29, 1.82) is 0 Å². The fourth-order valence-corrected chi connectivity index (χ4v) is 3.02. The molecule has 18 heavy (non-hydrogen) atoms. The van der Waals surface area contributed by atoms with Gasteiger partial charge in [0.1, 0.15) is 0 Å². The van der Waals surface area contributed by atoms with Crippen molar-refractivity contribution in [3.8, 4) is 0 Å². The largest absolute Gasteiger partial charge is 0.334 e. The summed E-state index contributed by atoms with van der Waals surface area (Å²) in [5.41, 5.74) is 0.896. The molecule has 0 saturated carbocycles. The first-order chi connectivity index (χ1) is 8.66. The standard InChI is InChI=1S/C12H15ClN2O2S/c13-11-4-2-1-3-10(11)9-14-12(16)15-5-7-18(17)8-6-15/h1-4H,5-9H2,(H,14,16). The second-order valence-corrected chi connectivity index (χ2v) is 6.19. The highest BCUT2D eigenvalue weighted by Gasteiger charge is 2.19. The van der Waals surface area contributed by atoms with Gasteiger partial charge < -0.3 is 10.2 Å². The van der Waals surface area contributed by atoms with Gasteiger partial charge in [0.25, 0.3) is 0 Å². The van der Waals surface area contributed by atoms with Crippen LogP contribution in [0.5, 0.6) is 0 Å². The highest BCUT2D eigenvalue weighted by Crippen LogP contribution is 2.14. The number of hydrogen-bond acceptors (Lipinski definition) is 2. The smallest absolute Gasteiger partial charge is 0.317 e. The van der Waals surface area contributed by atoms with Gasteiger partial charge in [-0.05, 0) is 11.6 Å². The third-order valence-electron chi connectivity index (χ3n) is 2.85. The number of rotatable bonds is 2. The molecule has 0 atom stereocenters. The summed E-state index contributed by atoms with van der Waals surface area (Å²) in [5, 5.41) is 3.48. The van der Waals surface area contributed by atoms with Crippen LogP contribution in [-0.2, 0) is 17.3 Å². The molecule has 1 aliphatic heterocycles. The number of halogens is 1. The molecular weight excluding hydrogens is 272 g/mol. The van der Waals surface area contributed by atoms with Crippen molar-refractivity contribution in [3.63, 3.8) is 0 Å². The van der Waals surface area contributed by atoms with Gasteiger partial charge in [-0.3, -0.25) is 4.21 Å². The number of nitrogens with zero attached hydrogens (tertiary/aromatic N) is 1. The van der Waals surface area contributed by atoms with Crippen molar-refractivity contribution in [2.75, 3.05) is 24.6 Å². The summed E-state index contributed by atoms with van der Waals surface area (Å²) in [6.45, 7) is 1.53. The molecule has 1 aliphatic rings. The molecule has 2 rings (SSSR count). The first kappa shape index (κ1) is 13.4. The molecule has 4 nitrogen and oxygen atoms in total. The van der Waals surface area contributed by atoms with Gasteiger partial charge in [-0.1, -0.05) is 29.8 Å². The van der Waals surface area contributed by atoms with Crippen LogP contribution in [0.1, 0.15) is 5.56 Å². The Hall–Kier alpha value is -1.07.